The van der Waals surface area contributed by atoms with E-state index in [0.29, 0.717) is 17.8 Å². The SMILES string of the molecule is C[C@@H]1CC2CCC(c3nc(-c4ccccc4-n4c5ccccc5c5cccc(-c6ccccc6)c54)nc([C@]45CC6C(C[C@H](C)C4)C[C@@H]6C5)n3)(C1)C[C@H]2C. The fraction of sp³-hybridized carbons (Fsp3) is 0.449. The van der Waals surface area contributed by atoms with Gasteiger partial charge in [-0.2, -0.15) is 0 Å². The third kappa shape index (κ3) is 4.89. The summed E-state index contributed by atoms with van der Waals surface area (Å²) in [5.74, 6) is 8.68. The highest BCUT2D eigenvalue weighted by molar-refractivity contribution is 6.14. The number of para-hydroxylation sites is 3. The van der Waals surface area contributed by atoms with Crippen LogP contribution in [0, 0.1) is 41.4 Å². The molecule has 53 heavy (non-hydrogen) atoms. The summed E-state index contributed by atoms with van der Waals surface area (Å²) >= 11 is 0. The normalized spacial score (nSPS) is 33.2. The van der Waals surface area contributed by atoms with Gasteiger partial charge in [-0.15, -0.1) is 0 Å². The van der Waals surface area contributed by atoms with Gasteiger partial charge in [0.25, 0.3) is 0 Å². The van der Waals surface area contributed by atoms with Gasteiger partial charge in [-0.1, -0.05) is 99.6 Å². The zero-order valence-electron chi connectivity index (χ0n) is 31.6. The molecule has 4 unspecified atom stereocenters. The van der Waals surface area contributed by atoms with E-state index in [1.807, 2.05) is 0 Å². The van der Waals surface area contributed by atoms with Gasteiger partial charge in [0, 0.05) is 32.7 Å². The lowest BCUT2D eigenvalue weighted by Gasteiger charge is -2.42. The molecule has 4 aromatic carbocycles. The van der Waals surface area contributed by atoms with E-state index < -0.39 is 0 Å². The molecule has 9 atom stereocenters. The highest BCUT2D eigenvalue weighted by Crippen LogP contribution is 2.65. The Morgan fingerprint density at radius 3 is 2.11 bits per heavy atom. The number of rotatable bonds is 5. The molecule has 4 nitrogen and oxygen atoms in total. The van der Waals surface area contributed by atoms with Crippen LogP contribution in [0.4, 0.5) is 0 Å². The van der Waals surface area contributed by atoms with Crippen LogP contribution < -0.4 is 0 Å². The van der Waals surface area contributed by atoms with Crippen LogP contribution in [0.15, 0.2) is 97.1 Å². The average Bonchev–Trinajstić information content (AvgIpc) is 3.49. The molecule has 0 radical (unpaired) electrons. The Morgan fingerprint density at radius 2 is 1.26 bits per heavy atom. The first kappa shape index (κ1) is 32.1. The molecule has 0 N–H and O–H groups in total. The van der Waals surface area contributed by atoms with Gasteiger partial charge in [0.2, 0.25) is 0 Å². The van der Waals surface area contributed by atoms with E-state index in [9.17, 15) is 0 Å². The largest absolute Gasteiger partial charge is 0.308 e. The summed E-state index contributed by atoms with van der Waals surface area (Å²) in [5, 5.41) is 2.54. The molecule has 268 valence electrons. The number of benzene rings is 4. The maximum atomic E-state index is 5.80. The first-order valence-electron chi connectivity index (χ1n) is 20.8. The van der Waals surface area contributed by atoms with Crippen LogP contribution >= 0.6 is 0 Å². The fourth-order valence-electron chi connectivity index (χ4n) is 13.2. The van der Waals surface area contributed by atoms with Crippen molar-refractivity contribution < 1.29 is 0 Å². The number of hydrogen-bond acceptors (Lipinski definition) is 3. The molecule has 6 aliphatic carbocycles. The van der Waals surface area contributed by atoms with E-state index in [4.69, 9.17) is 15.0 Å². The Labute approximate surface area is 314 Å². The molecule has 6 saturated carbocycles. The Balaban J connectivity index is 1.17. The molecule has 6 aromatic rings. The summed E-state index contributed by atoms with van der Waals surface area (Å²) in [5.41, 5.74) is 7.26. The zero-order valence-corrected chi connectivity index (χ0v) is 31.6. The molecule has 4 heteroatoms. The Kier molecular flexibility index (Phi) is 7.18. The molecular weight excluding hydrogens is 645 g/mol. The minimum atomic E-state index is 0.0215. The van der Waals surface area contributed by atoms with Gasteiger partial charge in [-0.25, -0.2) is 15.0 Å². The second kappa shape index (κ2) is 11.8. The number of nitrogens with zero attached hydrogens (tertiary/aromatic N) is 4. The van der Waals surface area contributed by atoms with Crippen molar-refractivity contribution in [2.75, 3.05) is 0 Å². The molecule has 6 fully saturated rings. The third-order valence-corrected chi connectivity index (χ3v) is 15.2. The summed E-state index contributed by atoms with van der Waals surface area (Å²) in [6.07, 6.45) is 12.8. The van der Waals surface area contributed by atoms with Gasteiger partial charge in [-0.3, -0.25) is 0 Å². The fourth-order valence-corrected chi connectivity index (χ4v) is 13.2. The van der Waals surface area contributed by atoms with Crippen LogP contribution in [0.5, 0.6) is 0 Å². The van der Waals surface area contributed by atoms with Crippen molar-refractivity contribution in [3.63, 3.8) is 0 Å². The molecule has 2 heterocycles. The van der Waals surface area contributed by atoms with Crippen LogP contribution in [0.3, 0.4) is 0 Å². The second-order valence-electron chi connectivity index (χ2n) is 18.7. The summed E-state index contributed by atoms with van der Waals surface area (Å²) in [6, 6.07) is 35.6. The number of aromatic nitrogens is 4. The van der Waals surface area contributed by atoms with Crippen molar-refractivity contribution in [2.24, 2.45) is 41.4 Å². The summed E-state index contributed by atoms with van der Waals surface area (Å²) < 4.78 is 2.51. The van der Waals surface area contributed by atoms with Gasteiger partial charge < -0.3 is 4.57 Å². The maximum Gasteiger partial charge on any atom is 0.165 e. The highest BCUT2D eigenvalue weighted by atomic mass is 15.1. The summed E-state index contributed by atoms with van der Waals surface area (Å²) in [4.78, 5) is 17.3. The first-order valence-corrected chi connectivity index (χ1v) is 20.8. The third-order valence-electron chi connectivity index (χ3n) is 15.2. The number of hydrogen-bond donors (Lipinski definition) is 0. The summed E-state index contributed by atoms with van der Waals surface area (Å²) in [6.45, 7) is 7.52. The van der Waals surface area contributed by atoms with Crippen molar-refractivity contribution in [1.29, 1.82) is 0 Å². The van der Waals surface area contributed by atoms with Crippen molar-refractivity contribution in [3.05, 3.63) is 109 Å². The van der Waals surface area contributed by atoms with Crippen molar-refractivity contribution in [1.82, 2.24) is 19.5 Å². The van der Waals surface area contributed by atoms with E-state index >= 15 is 0 Å². The standard InChI is InChI=1S/C49H52N4/c1-30-22-34-20-21-48(25-30,27-32(34)3)46-50-45(51-47(52-46)49-26-31(2)23-35-24-36(28-49)41(35)29-49)40-15-8-10-19-43(40)53-42-18-9-7-14-38(42)39-17-11-16-37(44(39)53)33-12-5-4-6-13-33/h4-19,30-32,34-36,41H,20-29H2,1-3H3/t30-,31+,32-,34?,35?,36-,41?,48?,49-/m1/s1. The van der Waals surface area contributed by atoms with Crippen LogP contribution in [0.25, 0.3) is 50.0 Å². The molecular formula is C49H52N4. The molecule has 12 rings (SSSR count). The van der Waals surface area contributed by atoms with E-state index in [2.05, 4.69) is 122 Å². The topological polar surface area (TPSA) is 43.6 Å². The lowest BCUT2D eigenvalue weighted by Crippen LogP contribution is -2.38. The monoisotopic (exact) mass is 696 g/mol. The average molecular weight is 697 g/mol. The quantitative estimate of drug-likeness (QED) is 0.180. The predicted molar refractivity (Wildman–Crippen MR) is 216 cm³/mol. The van der Waals surface area contributed by atoms with Crippen LogP contribution in [0.1, 0.15) is 96.6 Å². The minimum absolute atomic E-state index is 0.0215. The van der Waals surface area contributed by atoms with Crippen LogP contribution in [0.2, 0.25) is 0 Å². The predicted octanol–water partition coefficient (Wildman–Crippen LogP) is 12.1. The van der Waals surface area contributed by atoms with E-state index in [-0.39, 0.29) is 10.8 Å². The van der Waals surface area contributed by atoms with Gasteiger partial charge >= 0.3 is 0 Å². The van der Waals surface area contributed by atoms with Gasteiger partial charge in [0.05, 0.1) is 16.7 Å². The molecule has 0 saturated heterocycles. The minimum Gasteiger partial charge on any atom is -0.308 e. The van der Waals surface area contributed by atoms with E-state index in [1.165, 1.54) is 97.1 Å². The molecule has 6 aliphatic rings. The second-order valence-corrected chi connectivity index (χ2v) is 18.7. The lowest BCUT2D eigenvalue weighted by atomic mass is 9.63. The van der Waals surface area contributed by atoms with E-state index in [0.717, 1.165) is 52.4 Å². The van der Waals surface area contributed by atoms with Gasteiger partial charge in [0.15, 0.2) is 5.82 Å². The van der Waals surface area contributed by atoms with Gasteiger partial charge in [0.1, 0.15) is 11.6 Å². The van der Waals surface area contributed by atoms with Crippen molar-refractivity contribution in [2.45, 2.75) is 95.8 Å². The van der Waals surface area contributed by atoms with Crippen LogP contribution in [-0.4, -0.2) is 19.5 Å². The van der Waals surface area contributed by atoms with Crippen LogP contribution in [-0.2, 0) is 10.8 Å². The zero-order chi connectivity index (χ0) is 35.5. The molecule has 4 bridgehead atoms. The van der Waals surface area contributed by atoms with Crippen molar-refractivity contribution >= 4 is 21.8 Å². The van der Waals surface area contributed by atoms with E-state index in [1.54, 1.807) is 0 Å². The lowest BCUT2D eigenvalue weighted by molar-refractivity contribution is 0.0777. The molecule has 0 aliphatic heterocycles. The Hall–Kier alpha value is -4.31. The molecule has 0 amide bonds. The van der Waals surface area contributed by atoms with Crippen molar-refractivity contribution in [3.8, 4) is 28.2 Å². The number of fused-ring (bicyclic) bond motifs is 8. The summed E-state index contributed by atoms with van der Waals surface area (Å²) in [7, 11) is 0. The van der Waals surface area contributed by atoms with Gasteiger partial charge in [-0.05, 0) is 129 Å². The molecule has 0 spiro atoms. The Morgan fingerprint density at radius 1 is 0.566 bits per heavy atom. The smallest absolute Gasteiger partial charge is 0.165 e. The first-order chi connectivity index (χ1) is 25.9. The molecule has 2 aromatic heterocycles. The maximum absolute atomic E-state index is 5.80. The Bertz CT molecular complexity index is 2340. The highest BCUT2D eigenvalue weighted by Gasteiger charge is 2.59.